The summed E-state index contributed by atoms with van der Waals surface area (Å²) in [5.74, 6) is 0.953. The number of benzene rings is 1. The molecule has 0 radical (unpaired) electrons. The first-order valence-electron chi connectivity index (χ1n) is 9.59. The largest absolute Gasteiger partial charge is 0.606 e. The predicted octanol–water partition coefficient (Wildman–Crippen LogP) is 3.84. The fourth-order valence-electron chi connectivity index (χ4n) is 3.45. The third-order valence-electron chi connectivity index (χ3n) is 5.06. The van der Waals surface area contributed by atoms with Crippen LogP contribution in [0.4, 0.5) is 0 Å². The minimum Gasteiger partial charge on any atom is -0.606 e. The Hall–Kier alpha value is -1.27. The number of fused-ring (bicyclic) bond motifs is 2. The van der Waals surface area contributed by atoms with Gasteiger partial charge in [0.15, 0.2) is 0 Å². The van der Waals surface area contributed by atoms with Gasteiger partial charge in [-0.1, -0.05) is 44.2 Å². The Labute approximate surface area is 167 Å². The van der Waals surface area contributed by atoms with Crippen LogP contribution in [0.5, 0.6) is 5.75 Å². The third-order valence-corrected chi connectivity index (χ3v) is 6.59. The van der Waals surface area contributed by atoms with E-state index in [0.29, 0.717) is 13.0 Å². The lowest BCUT2D eigenvalue weighted by Crippen LogP contribution is -2.38. The van der Waals surface area contributed by atoms with E-state index in [9.17, 15) is 4.89 Å². The van der Waals surface area contributed by atoms with Crippen LogP contribution < -0.4 is 9.63 Å². The standard InChI is InChI=1S/C21H29O6P/c1-5-18-12-20-9-6-15(2)21(16(3)13-25-28(22,26-18)27-20)24-14-17-7-10-19(23-4)11-8-17/h5-11,15-16,18,20-21H,1,12-14H2,2-4H3/b9-6-/t15-,16-,18-,20-,21-,28?/m0/s1. The van der Waals surface area contributed by atoms with E-state index < -0.39 is 8.17 Å². The van der Waals surface area contributed by atoms with Crippen LogP contribution in [0.3, 0.4) is 0 Å². The molecule has 0 saturated carbocycles. The van der Waals surface area contributed by atoms with Crippen LogP contribution in [0.2, 0.25) is 0 Å². The number of phosphoric ester groups is 1. The average Bonchev–Trinajstić information content (AvgIpc) is 2.70. The number of phosphoric acid groups is 1. The van der Waals surface area contributed by atoms with Gasteiger partial charge in [-0.3, -0.25) is 0 Å². The van der Waals surface area contributed by atoms with Gasteiger partial charge in [-0.2, -0.15) is 13.6 Å². The Bertz CT molecular complexity index is 678. The molecule has 0 aliphatic carbocycles. The fraction of sp³-hybridized carbons (Fsp3) is 0.524. The second kappa shape index (κ2) is 9.49. The first kappa shape index (κ1) is 21.4. The van der Waals surface area contributed by atoms with E-state index >= 15 is 0 Å². The summed E-state index contributed by atoms with van der Waals surface area (Å²) in [6.45, 7) is 8.56. The van der Waals surface area contributed by atoms with Crippen LogP contribution >= 0.6 is 8.17 Å². The van der Waals surface area contributed by atoms with Gasteiger partial charge in [-0.05, 0) is 17.7 Å². The normalized spacial score (nSPS) is 37.1. The molecule has 1 fully saturated rings. The highest BCUT2D eigenvalue weighted by atomic mass is 31.2. The molecule has 1 unspecified atom stereocenters. The van der Waals surface area contributed by atoms with Crippen molar-refractivity contribution in [3.05, 3.63) is 54.6 Å². The fourth-order valence-corrected chi connectivity index (χ4v) is 5.03. The Morgan fingerprint density at radius 3 is 2.64 bits per heavy atom. The Kier molecular flexibility index (Phi) is 7.26. The molecule has 1 aromatic carbocycles. The van der Waals surface area contributed by atoms with E-state index in [4.69, 9.17) is 23.0 Å². The highest BCUT2D eigenvalue weighted by Gasteiger charge is 2.45. The summed E-state index contributed by atoms with van der Waals surface area (Å²) in [6, 6.07) is 7.81. The molecule has 0 spiro atoms. The van der Waals surface area contributed by atoms with Crippen molar-refractivity contribution >= 4 is 8.17 Å². The van der Waals surface area contributed by atoms with Gasteiger partial charge in [0.25, 0.3) is 0 Å². The highest BCUT2D eigenvalue weighted by Crippen LogP contribution is 2.59. The second-order valence-electron chi connectivity index (χ2n) is 7.35. The Morgan fingerprint density at radius 2 is 1.96 bits per heavy atom. The molecule has 2 bridgehead atoms. The Morgan fingerprint density at radius 1 is 1.21 bits per heavy atom. The van der Waals surface area contributed by atoms with Crippen molar-refractivity contribution in [2.75, 3.05) is 13.7 Å². The zero-order valence-corrected chi connectivity index (χ0v) is 17.5. The van der Waals surface area contributed by atoms with E-state index in [1.807, 2.05) is 37.3 Å². The first-order chi connectivity index (χ1) is 13.4. The maximum absolute atomic E-state index is 12.8. The van der Waals surface area contributed by atoms with Gasteiger partial charge < -0.3 is 14.4 Å². The molecule has 1 saturated heterocycles. The lowest BCUT2D eigenvalue weighted by Gasteiger charge is -2.37. The SMILES string of the molecule is C=C[C@H]1C[C@@H]2/C=C\[C@H](C)[C@H](OCc3ccc(OC)cc3)[C@@H](C)CO[P+]([O-])(O1)O2. The second-order valence-corrected chi connectivity index (χ2v) is 8.92. The molecule has 2 aliphatic rings. The van der Waals surface area contributed by atoms with Gasteiger partial charge in [0, 0.05) is 18.3 Å². The molecule has 6 atom stereocenters. The number of hydrogen-bond donors (Lipinski definition) is 0. The van der Waals surface area contributed by atoms with Crippen LogP contribution in [0.25, 0.3) is 0 Å². The summed E-state index contributed by atoms with van der Waals surface area (Å²) in [7, 11) is -1.97. The van der Waals surface area contributed by atoms with E-state index in [0.717, 1.165) is 11.3 Å². The van der Waals surface area contributed by atoms with Crippen molar-refractivity contribution in [2.45, 2.75) is 45.2 Å². The van der Waals surface area contributed by atoms with Gasteiger partial charge >= 0.3 is 8.17 Å². The summed E-state index contributed by atoms with van der Waals surface area (Å²) < 4.78 is 28.1. The molecule has 3 rings (SSSR count). The van der Waals surface area contributed by atoms with Crippen LogP contribution in [-0.4, -0.2) is 32.0 Å². The molecule has 2 heterocycles. The predicted molar refractivity (Wildman–Crippen MR) is 106 cm³/mol. The van der Waals surface area contributed by atoms with E-state index in [1.54, 1.807) is 13.2 Å². The van der Waals surface area contributed by atoms with E-state index in [1.165, 1.54) is 0 Å². The molecule has 1 aromatic rings. The van der Waals surface area contributed by atoms with Gasteiger partial charge in [0.2, 0.25) is 0 Å². The van der Waals surface area contributed by atoms with Crippen LogP contribution in [-0.2, 0) is 24.9 Å². The zero-order chi connectivity index (χ0) is 20.1. The van der Waals surface area contributed by atoms with Gasteiger partial charge in [-0.25, -0.2) is 0 Å². The number of ether oxygens (including phenoxy) is 2. The van der Waals surface area contributed by atoms with Crippen molar-refractivity contribution < 1.29 is 27.9 Å². The lowest BCUT2D eigenvalue weighted by atomic mass is 9.92. The van der Waals surface area contributed by atoms with Crippen LogP contribution in [0.15, 0.2) is 49.1 Å². The summed E-state index contributed by atoms with van der Waals surface area (Å²) >= 11 is 0. The van der Waals surface area contributed by atoms with Crippen molar-refractivity contribution in [2.24, 2.45) is 11.8 Å². The summed E-state index contributed by atoms with van der Waals surface area (Å²) in [6.07, 6.45) is 5.43. The monoisotopic (exact) mass is 408 g/mol. The maximum Gasteiger partial charge on any atom is 0.380 e. The third kappa shape index (κ3) is 5.41. The van der Waals surface area contributed by atoms with E-state index in [-0.39, 0.29) is 36.8 Å². The molecular weight excluding hydrogens is 379 g/mol. The molecule has 2 aliphatic heterocycles. The summed E-state index contributed by atoms with van der Waals surface area (Å²) in [5, 5.41) is 0. The molecule has 0 aromatic heterocycles. The van der Waals surface area contributed by atoms with Gasteiger partial charge in [0.1, 0.15) is 24.6 Å². The van der Waals surface area contributed by atoms with Crippen LogP contribution in [0, 0.1) is 11.8 Å². The van der Waals surface area contributed by atoms with E-state index in [2.05, 4.69) is 19.6 Å². The van der Waals surface area contributed by atoms with Crippen molar-refractivity contribution in [1.82, 2.24) is 0 Å². The zero-order valence-electron chi connectivity index (χ0n) is 16.7. The molecule has 0 amide bonds. The number of hydrogen-bond acceptors (Lipinski definition) is 6. The minimum absolute atomic E-state index is 0.00317. The smallest absolute Gasteiger partial charge is 0.380 e. The summed E-state index contributed by atoms with van der Waals surface area (Å²) in [4.78, 5) is 12.8. The molecule has 7 heteroatoms. The van der Waals surface area contributed by atoms with Gasteiger partial charge in [-0.15, -0.1) is 6.58 Å². The Balaban J connectivity index is 1.71. The topological polar surface area (TPSA) is 69.2 Å². The molecule has 6 nitrogen and oxygen atoms in total. The quantitative estimate of drug-likeness (QED) is 0.545. The number of rotatable bonds is 5. The number of methoxy groups -OCH3 is 1. The highest BCUT2D eigenvalue weighted by molar-refractivity contribution is 7.54. The minimum atomic E-state index is -3.62. The first-order valence-corrected chi connectivity index (χ1v) is 11.1. The van der Waals surface area contributed by atoms with Crippen LogP contribution in [0.1, 0.15) is 25.8 Å². The average molecular weight is 408 g/mol. The van der Waals surface area contributed by atoms with Crippen molar-refractivity contribution in [1.29, 1.82) is 0 Å². The molecule has 28 heavy (non-hydrogen) atoms. The lowest BCUT2D eigenvalue weighted by molar-refractivity contribution is -0.264. The summed E-state index contributed by atoms with van der Waals surface area (Å²) in [5.41, 5.74) is 1.06. The van der Waals surface area contributed by atoms with Crippen molar-refractivity contribution in [3.8, 4) is 5.75 Å². The molecule has 154 valence electrons. The maximum atomic E-state index is 12.8. The van der Waals surface area contributed by atoms with Crippen molar-refractivity contribution in [3.63, 3.8) is 0 Å². The van der Waals surface area contributed by atoms with Gasteiger partial charge in [0.05, 0.1) is 19.8 Å². The molecular formula is C21H29O6P. The molecule has 0 N–H and O–H groups in total.